The van der Waals surface area contributed by atoms with Gasteiger partial charge in [-0.25, -0.2) is 32.5 Å². The Morgan fingerprint density at radius 3 is 2.22 bits per heavy atom. The van der Waals surface area contributed by atoms with E-state index in [1.54, 1.807) is 0 Å². The van der Waals surface area contributed by atoms with Gasteiger partial charge in [0, 0.05) is 56.1 Å². The van der Waals surface area contributed by atoms with Crippen LogP contribution in [0.3, 0.4) is 0 Å². The maximum absolute atomic E-state index is 15.4. The molecule has 0 unspecified atom stereocenters. The predicted octanol–water partition coefficient (Wildman–Crippen LogP) is 2.61. The summed E-state index contributed by atoms with van der Waals surface area (Å²) in [7, 11) is 0. The van der Waals surface area contributed by atoms with E-state index in [0.717, 1.165) is 29.0 Å². The maximum Gasteiger partial charge on any atom is 0.491 e. The molecular weight excluding hydrogens is 684 g/mol. The van der Waals surface area contributed by atoms with Crippen LogP contribution in [0.25, 0.3) is 16.7 Å². The molecule has 4 atom stereocenters. The summed E-state index contributed by atoms with van der Waals surface area (Å²) in [5.74, 6) is -11.7. The van der Waals surface area contributed by atoms with Gasteiger partial charge in [-0.15, -0.1) is 0 Å². The lowest BCUT2D eigenvalue weighted by Gasteiger charge is -2.23. The molecule has 2 amide bonds. The molecule has 1 aliphatic heterocycles. The smallest absolute Gasteiger partial charge is 0.477 e. The van der Waals surface area contributed by atoms with E-state index in [4.69, 9.17) is 0 Å². The molecule has 2 aromatic heterocycles. The number of pyridine rings is 2. The van der Waals surface area contributed by atoms with Crippen molar-refractivity contribution < 1.29 is 60.2 Å². The number of amides is 2. The molecule has 1 saturated heterocycles. The summed E-state index contributed by atoms with van der Waals surface area (Å²) >= 11 is 0. The number of carboxylic acids is 1. The minimum absolute atomic E-state index is 0.179. The summed E-state index contributed by atoms with van der Waals surface area (Å²) in [6.07, 6.45) is -5.41. The summed E-state index contributed by atoms with van der Waals surface area (Å²) in [6.45, 7) is 3.15. The van der Waals surface area contributed by atoms with Crippen molar-refractivity contribution >= 4 is 46.6 Å². The standard InChI is InChI=1S/C31H27F6N5O8/c1-12(2)23(29(48)50-30(49)31(35,36)37)38-21(43)5-6-22(44)39-24-15-9-41(10-16(15)24)27-19(34)8-14-25(45)17(28(46)47)11-42(26(14)40-27)20-4-3-13(32)7-18(20)33/h3-4,7-8,11-12,15-16,23-24H,5-6,9-10H2,1-2H3,(H,38,43)(H,39,44)(H,46,47)/t15-,16+,23-,24+/m0/s1. The molecule has 5 rings (SSSR count). The molecule has 0 bridgehead atoms. The second-order valence-corrected chi connectivity index (χ2v) is 12.1. The summed E-state index contributed by atoms with van der Waals surface area (Å²) in [4.78, 5) is 78.3. The van der Waals surface area contributed by atoms with Crippen LogP contribution in [-0.4, -0.2) is 75.7 Å². The van der Waals surface area contributed by atoms with Gasteiger partial charge in [-0.3, -0.25) is 19.0 Å². The van der Waals surface area contributed by atoms with Crippen LogP contribution in [0.1, 0.15) is 37.0 Å². The summed E-state index contributed by atoms with van der Waals surface area (Å²) < 4.78 is 85.7. The van der Waals surface area contributed by atoms with Gasteiger partial charge in [-0.2, -0.15) is 13.2 Å². The molecule has 1 aromatic carbocycles. The number of carboxylic acid groups (broad SMARTS) is 1. The molecule has 266 valence electrons. The number of piperidine rings is 1. The van der Waals surface area contributed by atoms with Crippen molar-refractivity contribution in [2.45, 2.75) is 44.9 Å². The van der Waals surface area contributed by atoms with Crippen LogP contribution in [0.2, 0.25) is 0 Å². The number of hydrogen-bond donors (Lipinski definition) is 3. The van der Waals surface area contributed by atoms with Gasteiger partial charge >= 0.3 is 24.1 Å². The molecule has 1 saturated carbocycles. The Morgan fingerprint density at radius 2 is 1.64 bits per heavy atom. The summed E-state index contributed by atoms with van der Waals surface area (Å²) in [5.41, 5.74) is -2.50. The van der Waals surface area contributed by atoms with E-state index in [0.29, 0.717) is 6.07 Å². The van der Waals surface area contributed by atoms with Crippen LogP contribution >= 0.6 is 0 Å². The molecule has 0 spiro atoms. The van der Waals surface area contributed by atoms with E-state index in [2.05, 4.69) is 20.4 Å². The lowest BCUT2D eigenvalue weighted by atomic mass is 10.0. The first-order chi connectivity index (χ1) is 23.4. The van der Waals surface area contributed by atoms with Crippen molar-refractivity contribution in [2.75, 3.05) is 18.0 Å². The lowest BCUT2D eigenvalue weighted by Crippen LogP contribution is -2.47. The zero-order valence-corrected chi connectivity index (χ0v) is 26.0. The van der Waals surface area contributed by atoms with Crippen molar-refractivity contribution in [3.63, 3.8) is 0 Å². The average Bonchev–Trinajstić information content (AvgIpc) is 3.43. The lowest BCUT2D eigenvalue weighted by molar-refractivity contribution is -0.202. The highest BCUT2D eigenvalue weighted by Crippen LogP contribution is 2.47. The van der Waals surface area contributed by atoms with Crippen molar-refractivity contribution in [2.24, 2.45) is 17.8 Å². The van der Waals surface area contributed by atoms with E-state index in [1.165, 1.54) is 18.7 Å². The van der Waals surface area contributed by atoms with Crippen LogP contribution in [0.4, 0.5) is 32.2 Å². The number of nitrogens with one attached hydrogen (secondary N) is 2. The van der Waals surface area contributed by atoms with Crippen LogP contribution in [0, 0.1) is 35.2 Å². The largest absolute Gasteiger partial charge is 0.491 e. The van der Waals surface area contributed by atoms with Gasteiger partial charge in [0.1, 0.15) is 23.2 Å². The number of aromatic nitrogens is 2. The number of rotatable bonds is 10. The zero-order chi connectivity index (χ0) is 36.8. The highest BCUT2D eigenvalue weighted by atomic mass is 19.4. The molecule has 2 aliphatic rings. The van der Waals surface area contributed by atoms with E-state index < -0.39 is 88.1 Å². The van der Waals surface area contributed by atoms with Gasteiger partial charge < -0.3 is 25.4 Å². The number of alkyl halides is 3. The Morgan fingerprint density at radius 1 is 1.00 bits per heavy atom. The Hall–Kier alpha value is -5.49. The molecule has 19 heteroatoms. The third kappa shape index (κ3) is 7.25. The maximum atomic E-state index is 15.4. The Balaban J connectivity index is 1.22. The molecule has 0 radical (unpaired) electrons. The monoisotopic (exact) mass is 711 g/mol. The second kappa shape index (κ2) is 13.4. The van der Waals surface area contributed by atoms with E-state index >= 15 is 4.39 Å². The number of aromatic carboxylic acids is 1. The van der Waals surface area contributed by atoms with Crippen LogP contribution < -0.4 is 21.0 Å². The third-order valence-electron chi connectivity index (χ3n) is 8.37. The van der Waals surface area contributed by atoms with Crippen molar-refractivity contribution in [1.29, 1.82) is 0 Å². The van der Waals surface area contributed by atoms with E-state index in [-0.39, 0.29) is 54.5 Å². The number of esters is 2. The quantitative estimate of drug-likeness (QED) is 0.161. The molecule has 1 aliphatic carbocycles. The first-order valence-electron chi connectivity index (χ1n) is 15.0. The Kier molecular flexibility index (Phi) is 9.62. The number of nitrogens with zero attached hydrogens (tertiary/aromatic N) is 3. The van der Waals surface area contributed by atoms with Crippen LogP contribution in [-0.2, 0) is 23.9 Å². The predicted molar refractivity (Wildman–Crippen MR) is 158 cm³/mol. The highest BCUT2D eigenvalue weighted by molar-refractivity contribution is 5.94. The van der Waals surface area contributed by atoms with Gasteiger partial charge in [-0.1, -0.05) is 13.8 Å². The summed E-state index contributed by atoms with van der Waals surface area (Å²) in [6, 6.07) is 1.30. The summed E-state index contributed by atoms with van der Waals surface area (Å²) in [5, 5.41) is 14.0. The molecular formula is C31H27F6N5O8. The number of anilines is 1. The fraction of sp³-hybridized carbons (Fsp3) is 0.387. The first-order valence-corrected chi connectivity index (χ1v) is 15.0. The Labute approximate surface area is 277 Å². The van der Waals surface area contributed by atoms with Gasteiger partial charge in [0.2, 0.25) is 17.2 Å². The van der Waals surface area contributed by atoms with Crippen LogP contribution in [0.5, 0.6) is 0 Å². The Bertz CT molecular complexity index is 1970. The van der Waals surface area contributed by atoms with Gasteiger partial charge in [0.15, 0.2) is 17.3 Å². The SMILES string of the molecule is CC(C)[C@H](NC(=O)CCC(=O)N[C@H]1[C@@H]2CN(c3nc4c(cc3F)c(=O)c(C(=O)O)cn4-c3ccc(F)cc3F)C[C@@H]21)C(=O)OC(=O)C(F)(F)F. The highest BCUT2D eigenvalue weighted by Gasteiger charge is 2.57. The first kappa shape index (κ1) is 35.8. The normalized spacial score (nSPS) is 18.8. The number of halogens is 6. The van der Waals surface area contributed by atoms with Crippen molar-refractivity contribution in [3.05, 3.63) is 63.7 Å². The van der Waals surface area contributed by atoms with Gasteiger partial charge in [0.25, 0.3) is 0 Å². The molecule has 3 aromatic rings. The van der Waals surface area contributed by atoms with Crippen LogP contribution in [0.15, 0.2) is 35.3 Å². The molecule has 3 N–H and O–H groups in total. The zero-order valence-electron chi connectivity index (χ0n) is 26.0. The number of hydrogen-bond acceptors (Lipinski definition) is 9. The molecule has 50 heavy (non-hydrogen) atoms. The minimum atomic E-state index is -5.42. The van der Waals surface area contributed by atoms with E-state index in [9.17, 15) is 55.8 Å². The second-order valence-electron chi connectivity index (χ2n) is 12.1. The topological polar surface area (TPSA) is 177 Å². The number of ether oxygens (including phenoxy) is 1. The van der Waals surface area contributed by atoms with E-state index in [1.807, 2.05) is 0 Å². The fourth-order valence-corrected chi connectivity index (χ4v) is 5.80. The number of carbonyl (C=O) groups excluding carboxylic acids is 4. The van der Waals surface area contributed by atoms with Gasteiger partial charge in [0.05, 0.1) is 11.1 Å². The van der Waals surface area contributed by atoms with Crippen molar-refractivity contribution in [1.82, 2.24) is 20.2 Å². The fourth-order valence-electron chi connectivity index (χ4n) is 5.80. The number of carbonyl (C=O) groups is 5. The number of benzene rings is 1. The van der Waals surface area contributed by atoms with Gasteiger partial charge in [-0.05, 0) is 24.1 Å². The average molecular weight is 712 g/mol. The molecule has 13 nitrogen and oxygen atoms in total. The molecule has 2 fully saturated rings. The molecule has 3 heterocycles. The third-order valence-corrected chi connectivity index (χ3v) is 8.37. The van der Waals surface area contributed by atoms with Crippen molar-refractivity contribution in [3.8, 4) is 5.69 Å². The minimum Gasteiger partial charge on any atom is -0.477 e. The number of fused-ring (bicyclic) bond motifs is 2.